The lowest BCUT2D eigenvalue weighted by Gasteiger charge is -2.27. The molecule has 0 saturated carbocycles. The molecule has 0 aliphatic carbocycles. The Morgan fingerprint density at radius 2 is 1.55 bits per heavy atom. The van der Waals surface area contributed by atoms with Crippen LogP contribution >= 0.6 is 0 Å². The standard InChI is InChI=1S/C28H46N4O8/c1-4-5-7-12-20(29)26(38)32-22(13-17(2)3)27(39)30-19(16-33)14-23(34)25(37)28(40)31-21(15-24(35)36)18-10-8-6-9-11-18/h6,8-11,17,19-23,25,33-34,37H,4-5,7,12-16,29H2,1-3H3,(H,30,39)(H,31,40)(H,32,38)(H,35,36)/t19-,20+,21+,22+,23-,25+/m1/s1. The molecule has 0 radical (unpaired) electrons. The van der Waals surface area contributed by atoms with E-state index >= 15 is 0 Å². The molecule has 9 N–H and O–H groups in total. The highest BCUT2D eigenvalue weighted by molar-refractivity contribution is 5.89. The molecule has 0 saturated heterocycles. The number of unbranched alkanes of at least 4 members (excludes halogenated alkanes) is 2. The van der Waals surface area contributed by atoms with Crippen molar-refractivity contribution in [1.29, 1.82) is 0 Å². The molecule has 40 heavy (non-hydrogen) atoms. The molecule has 1 aromatic carbocycles. The lowest BCUT2D eigenvalue weighted by atomic mass is 9.99. The van der Waals surface area contributed by atoms with Gasteiger partial charge in [0.15, 0.2) is 6.10 Å². The lowest BCUT2D eigenvalue weighted by molar-refractivity contribution is -0.139. The molecule has 12 nitrogen and oxygen atoms in total. The first kappa shape index (κ1) is 35.0. The second-order valence-electron chi connectivity index (χ2n) is 10.5. The van der Waals surface area contributed by atoms with Crippen LogP contribution in [-0.4, -0.2) is 81.1 Å². The number of carbonyl (C=O) groups is 4. The van der Waals surface area contributed by atoms with E-state index in [0.717, 1.165) is 19.3 Å². The summed E-state index contributed by atoms with van der Waals surface area (Å²) >= 11 is 0. The third-order valence-electron chi connectivity index (χ3n) is 6.42. The van der Waals surface area contributed by atoms with Crippen LogP contribution in [0.4, 0.5) is 0 Å². The Balaban J connectivity index is 2.81. The smallest absolute Gasteiger partial charge is 0.305 e. The van der Waals surface area contributed by atoms with Crippen LogP contribution in [0.15, 0.2) is 30.3 Å². The third kappa shape index (κ3) is 12.9. The average molecular weight is 567 g/mol. The van der Waals surface area contributed by atoms with Gasteiger partial charge in [0.05, 0.1) is 37.3 Å². The number of aliphatic carboxylic acids is 1. The van der Waals surface area contributed by atoms with Crippen molar-refractivity contribution in [3.05, 3.63) is 35.9 Å². The van der Waals surface area contributed by atoms with E-state index in [9.17, 15) is 39.6 Å². The van der Waals surface area contributed by atoms with Crippen LogP contribution in [0, 0.1) is 5.92 Å². The minimum Gasteiger partial charge on any atom is -0.481 e. The fourth-order valence-electron chi connectivity index (χ4n) is 4.17. The summed E-state index contributed by atoms with van der Waals surface area (Å²) in [5.74, 6) is -3.19. The zero-order valence-electron chi connectivity index (χ0n) is 23.6. The number of hydrogen-bond donors (Lipinski definition) is 8. The van der Waals surface area contributed by atoms with Gasteiger partial charge in [-0.2, -0.15) is 0 Å². The summed E-state index contributed by atoms with van der Waals surface area (Å²) in [7, 11) is 0. The summed E-state index contributed by atoms with van der Waals surface area (Å²) in [6.07, 6.45) is -0.990. The lowest BCUT2D eigenvalue weighted by Crippen LogP contribution is -2.55. The predicted molar refractivity (Wildman–Crippen MR) is 149 cm³/mol. The van der Waals surface area contributed by atoms with Crippen molar-refractivity contribution in [2.45, 2.75) is 102 Å². The molecule has 0 aliphatic rings. The summed E-state index contributed by atoms with van der Waals surface area (Å²) in [6, 6.07) is 4.62. The second kappa shape index (κ2) is 18.3. The van der Waals surface area contributed by atoms with Gasteiger partial charge in [0.25, 0.3) is 5.91 Å². The summed E-state index contributed by atoms with van der Waals surface area (Å²) in [5.41, 5.74) is 6.48. The highest BCUT2D eigenvalue weighted by Gasteiger charge is 2.31. The first-order valence-corrected chi connectivity index (χ1v) is 13.8. The van der Waals surface area contributed by atoms with E-state index in [1.54, 1.807) is 30.3 Å². The third-order valence-corrected chi connectivity index (χ3v) is 6.42. The Kier molecular flexibility index (Phi) is 16.0. The number of carboxylic acid groups (broad SMARTS) is 1. The number of hydrogen-bond acceptors (Lipinski definition) is 8. The fraction of sp³-hybridized carbons (Fsp3) is 0.643. The molecule has 0 heterocycles. The molecule has 0 bridgehead atoms. The molecule has 3 amide bonds. The SMILES string of the molecule is CCCCC[C@H](N)C(=O)N[C@@H](CC(C)C)C(=O)N[C@@H](CO)C[C@@H](O)[C@H](O)C(=O)N[C@@H](CC(=O)O)c1ccccc1. The second-order valence-corrected chi connectivity index (χ2v) is 10.5. The maximum absolute atomic E-state index is 13.0. The molecule has 12 heteroatoms. The van der Waals surface area contributed by atoms with Gasteiger partial charge in [0.2, 0.25) is 11.8 Å². The number of amides is 3. The number of aliphatic hydroxyl groups is 3. The van der Waals surface area contributed by atoms with Crippen molar-refractivity contribution in [3.63, 3.8) is 0 Å². The number of nitrogens with one attached hydrogen (secondary N) is 3. The summed E-state index contributed by atoms with van der Waals surface area (Å²) in [5, 5.41) is 47.6. The Morgan fingerprint density at radius 1 is 0.900 bits per heavy atom. The maximum Gasteiger partial charge on any atom is 0.305 e. The molecular formula is C28H46N4O8. The van der Waals surface area contributed by atoms with Crippen LogP contribution < -0.4 is 21.7 Å². The molecule has 0 spiro atoms. The molecule has 0 aliphatic heterocycles. The molecule has 0 fully saturated rings. The molecule has 0 aromatic heterocycles. The topological polar surface area (TPSA) is 211 Å². The summed E-state index contributed by atoms with van der Waals surface area (Å²) in [4.78, 5) is 49.5. The van der Waals surface area contributed by atoms with Gasteiger partial charge in [0.1, 0.15) is 6.04 Å². The molecule has 1 aromatic rings. The first-order valence-electron chi connectivity index (χ1n) is 13.8. The fourth-order valence-corrected chi connectivity index (χ4v) is 4.17. The number of rotatable bonds is 19. The normalized spacial score (nSPS) is 15.8. The average Bonchev–Trinajstić information content (AvgIpc) is 2.91. The number of benzene rings is 1. The molecule has 6 atom stereocenters. The highest BCUT2D eigenvalue weighted by atomic mass is 16.4. The van der Waals surface area contributed by atoms with Gasteiger partial charge in [-0.05, 0) is 30.7 Å². The van der Waals surface area contributed by atoms with Gasteiger partial charge in [-0.3, -0.25) is 19.2 Å². The van der Waals surface area contributed by atoms with Crippen molar-refractivity contribution >= 4 is 23.7 Å². The number of nitrogens with two attached hydrogens (primary N) is 1. The van der Waals surface area contributed by atoms with E-state index in [1.165, 1.54) is 0 Å². The van der Waals surface area contributed by atoms with Crippen molar-refractivity contribution in [2.75, 3.05) is 6.61 Å². The van der Waals surface area contributed by atoms with Gasteiger partial charge in [0, 0.05) is 0 Å². The van der Waals surface area contributed by atoms with Gasteiger partial charge in [-0.1, -0.05) is 70.4 Å². The van der Waals surface area contributed by atoms with Crippen LogP contribution in [-0.2, 0) is 19.2 Å². The van der Waals surface area contributed by atoms with Crippen molar-refractivity contribution in [1.82, 2.24) is 16.0 Å². The van der Waals surface area contributed by atoms with E-state index in [1.807, 2.05) is 20.8 Å². The molecule has 226 valence electrons. The van der Waals surface area contributed by atoms with Crippen LogP contribution in [0.3, 0.4) is 0 Å². The minimum absolute atomic E-state index is 0.0411. The summed E-state index contributed by atoms with van der Waals surface area (Å²) < 4.78 is 0. The van der Waals surface area contributed by atoms with Crippen LogP contribution in [0.25, 0.3) is 0 Å². The van der Waals surface area contributed by atoms with Crippen molar-refractivity contribution in [2.24, 2.45) is 11.7 Å². The number of carbonyl (C=O) groups excluding carboxylic acids is 3. The van der Waals surface area contributed by atoms with Crippen LogP contribution in [0.2, 0.25) is 0 Å². The number of carboxylic acids is 1. The largest absolute Gasteiger partial charge is 0.481 e. The Labute approximate surface area is 235 Å². The number of aliphatic hydroxyl groups excluding tert-OH is 3. The highest BCUT2D eigenvalue weighted by Crippen LogP contribution is 2.17. The monoisotopic (exact) mass is 566 g/mol. The Morgan fingerprint density at radius 3 is 2.10 bits per heavy atom. The molecule has 0 unspecified atom stereocenters. The Hall–Kier alpha value is -3.06. The van der Waals surface area contributed by atoms with Crippen molar-refractivity contribution < 1.29 is 39.6 Å². The van der Waals surface area contributed by atoms with Gasteiger partial charge in [-0.25, -0.2) is 0 Å². The van der Waals surface area contributed by atoms with Gasteiger partial charge < -0.3 is 42.1 Å². The van der Waals surface area contributed by atoms with E-state index in [4.69, 9.17) is 5.73 Å². The zero-order chi connectivity index (χ0) is 30.2. The van der Waals surface area contributed by atoms with E-state index < -0.39 is 73.1 Å². The maximum atomic E-state index is 13.0. The van der Waals surface area contributed by atoms with Crippen LogP contribution in [0.5, 0.6) is 0 Å². The minimum atomic E-state index is -1.96. The van der Waals surface area contributed by atoms with Gasteiger partial charge >= 0.3 is 5.97 Å². The molecule has 1 rings (SSSR count). The Bertz CT molecular complexity index is 930. The first-order chi connectivity index (χ1) is 18.9. The van der Waals surface area contributed by atoms with E-state index in [0.29, 0.717) is 18.4 Å². The summed E-state index contributed by atoms with van der Waals surface area (Å²) in [6.45, 7) is 5.18. The van der Waals surface area contributed by atoms with Crippen molar-refractivity contribution in [3.8, 4) is 0 Å². The van der Waals surface area contributed by atoms with E-state index in [2.05, 4.69) is 16.0 Å². The quantitative estimate of drug-likeness (QED) is 0.108. The zero-order valence-corrected chi connectivity index (χ0v) is 23.6. The predicted octanol–water partition coefficient (Wildman–Crippen LogP) is 0.346. The van der Waals surface area contributed by atoms with E-state index in [-0.39, 0.29) is 12.3 Å². The van der Waals surface area contributed by atoms with Crippen LogP contribution in [0.1, 0.15) is 77.3 Å². The van der Waals surface area contributed by atoms with Gasteiger partial charge in [-0.15, -0.1) is 0 Å². The molecular weight excluding hydrogens is 520 g/mol.